The third kappa shape index (κ3) is 4.32. The molecule has 2 N–H and O–H groups in total. The minimum atomic E-state index is -0.418. The van der Waals surface area contributed by atoms with Gasteiger partial charge in [0.25, 0.3) is 0 Å². The van der Waals surface area contributed by atoms with Crippen molar-refractivity contribution in [2.24, 2.45) is 5.73 Å². The fraction of sp³-hybridized carbons (Fsp3) is 0.857. The highest BCUT2D eigenvalue weighted by atomic mass is 16.6. The Morgan fingerprint density at radius 1 is 1.60 bits per heavy atom. The molecule has 0 heterocycles. The Morgan fingerprint density at radius 3 is 2.60 bits per heavy atom. The van der Waals surface area contributed by atoms with Crippen LogP contribution in [0.3, 0.4) is 0 Å². The Bertz CT molecular complexity index is 104. The number of hydrogen-bond acceptors (Lipinski definition) is 3. The van der Waals surface area contributed by atoms with Crippen LogP contribution in [0.2, 0.25) is 0 Å². The van der Waals surface area contributed by atoms with Crippen molar-refractivity contribution in [3.63, 3.8) is 0 Å². The third-order valence-corrected chi connectivity index (χ3v) is 1.14. The molecule has 0 radical (unpaired) electrons. The summed E-state index contributed by atoms with van der Waals surface area (Å²) in [6, 6.07) is 0. The standard InChI is InChI=1S/C7H15NO2/c1-3-5-7(9)10-6(8)4-2/h6H,3-5,8H2,1-2H3. The zero-order chi connectivity index (χ0) is 7.98. The van der Waals surface area contributed by atoms with Crippen LogP contribution in [0, 0.1) is 0 Å². The van der Waals surface area contributed by atoms with E-state index in [4.69, 9.17) is 10.5 Å². The zero-order valence-corrected chi connectivity index (χ0v) is 6.59. The minimum absolute atomic E-state index is 0.197. The van der Waals surface area contributed by atoms with E-state index in [1.54, 1.807) is 0 Å². The summed E-state index contributed by atoms with van der Waals surface area (Å²) in [7, 11) is 0. The topological polar surface area (TPSA) is 52.3 Å². The lowest BCUT2D eigenvalue weighted by molar-refractivity contribution is -0.148. The highest BCUT2D eigenvalue weighted by Gasteiger charge is 2.04. The highest BCUT2D eigenvalue weighted by molar-refractivity contribution is 5.69. The van der Waals surface area contributed by atoms with Crippen LogP contribution in [0.25, 0.3) is 0 Å². The van der Waals surface area contributed by atoms with Crippen LogP contribution in [-0.2, 0) is 9.53 Å². The molecule has 60 valence electrons. The molecule has 3 heteroatoms. The number of esters is 1. The maximum absolute atomic E-state index is 10.7. The first kappa shape index (κ1) is 9.43. The van der Waals surface area contributed by atoms with Gasteiger partial charge in [0, 0.05) is 6.42 Å². The van der Waals surface area contributed by atoms with Crippen molar-refractivity contribution in [2.75, 3.05) is 0 Å². The van der Waals surface area contributed by atoms with Gasteiger partial charge in [-0.15, -0.1) is 0 Å². The van der Waals surface area contributed by atoms with Crippen LogP contribution in [0.15, 0.2) is 0 Å². The molecule has 10 heavy (non-hydrogen) atoms. The monoisotopic (exact) mass is 145 g/mol. The molecule has 0 aromatic carbocycles. The van der Waals surface area contributed by atoms with Crippen LogP contribution in [0.4, 0.5) is 0 Å². The fourth-order valence-corrected chi connectivity index (χ4v) is 0.515. The number of hydrogen-bond donors (Lipinski definition) is 1. The summed E-state index contributed by atoms with van der Waals surface area (Å²) in [6.07, 6.45) is 1.54. The van der Waals surface area contributed by atoms with Gasteiger partial charge in [-0.3, -0.25) is 10.5 Å². The number of nitrogens with two attached hydrogens (primary N) is 1. The second kappa shape index (κ2) is 5.23. The van der Waals surface area contributed by atoms with Crippen molar-refractivity contribution in [1.29, 1.82) is 0 Å². The normalized spacial score (nSPS) is 12.7. The van der Waals surface area contributed by atoms with Gasteiger partial charge in [-0.2, -0.15) is 0 Å². The lowest BCUT2D eigenvalue weighted by Gasteiger charge is -2.09. The highest BCUT2D eigenvalue weighted by Crippen LogP contribution is 1.95. The molecule has 0 saturated carbocycles. The van der Waals surface area contributed by atoms with E-state index in [9.17, 15) is 4.79 Å². The van der Waals surface area contributed by atoms with Gasteiger partial charge in [0.15, 0.2) is 6.23 Å². The van der Waals surface area contributed by atoms with Gasteiger partial charge in [0.05, 0.1) is 0 Å². The van der Waals surface area contributed by atoms with Crippen molar-refractivity contribution in [3.05, 3.63) is 0 Å². The molecule has 0 amide bonds. The minimum Gasteiger partial charge on any atom is -0.447 e. The first-order valence-corrected chi connectivity index (χ1v) is 3.65. The molecule has 0 saturated heterocycles. The molecular formula is C7H15NO2. The molecule has 0 aromatic rings. The maximum Gasteiger partial charge on any atom is 0.307 e. The van der Waals surface area contributed by atoms with Crippen LogP contribution in [-0.4, -0.2) is 12.2 Å². The number of rotatable bonds is 4. The van der Waals surface area contributed by atoms with Gasteiger partial charge in [-0.1, -0.05) is 13.8 Å². The van der Waals surface area contributed by atoms with E-state index in [2.05, 4.69) is 0 Å². The van der Waals surface area contributed by atoms with Gasteiger partial charge in [0.2, 0.25) is 0 Å². The van der Waals surface area contributed by atoms with Crippen LogP contribution >= 0.6 is 0 Å². The SMILES string of the molecule is CCCC(=O)OC(N)CC. The Balaban J connectivity index is 3.37. The third-order valence-electron chi connectivity index (χ3n) is 1.14. The van der Waals surface area contributed by atoms with Gasteiger partial charge >= 0.3 is 5.97 Å². The first-order chi connectivity index (χ1) is 4.70. The molecule has 1 atom stereocenters. The van der Waals surface area contributed by atoms with Gasteiger partial charge in [0.1, 0.15) is 0 Å². The molecular weight excluding hydrogens is 130 g/mol. The van der Waals surface area contributed by atoms with E-state index >= 15 is 0 Å². The Morgan fingerprint density at radius 2 is 2.20 bits per heavy atom. The summed E-state index contributed by atoms with van der Waals surface area (Å²) >= 11 is 0. The average molecular weight is 145 g/mol. The molecule has 0 aliphatic rings. The lowest BCUT2D eigenvalue weighted by Crippen LogP contribution is -2.25. The van der Waals surface area contributed by atoms with Gasteiger partial charge < -0.3 is 4.74 Å². The molecule has 3 nitrogen and oxygen atoms in total. The second-order valence-electron chi connectivity index (χ2n) is 2.19. The van der Waals surface area contributed by atoms with E-state index in [0.29, 0.717) is 12.8 Å². The summed E-state index contributed by atoms with van der Waals surface area (Å²) in [5, 5.41) is 0. The molecule has 0 aliphatic heterocycles. The maximum atomic E-state index is 10.7. The summed E-state index contributed by atoms with van der Waals surface area (Å²) in [5.41, 5.74) is 5.36. The quantitative estimate of drug-likeness (QED) is 0.474. The average Bonchev–Trinajstić information content (AvgIpc) is 1.88. The number of carbonyl (C=O) groups excluding carboxylic acids is 1. The van der Waals surface area contributed by atoms with Crippen molar-refractivity contribution < 1.29 is 9.53 Å². The molecule has 0 aromatic heterocycles. The van der Waals surface area contributed by atoms with E-state index in [-0.39, 0.29) is 5.97 Å². The Kier molecular flexibility index (Phi) is 4.94. The second-order valence-corrected chi connectivity index (χ2v) is 2.19. The Labute approximate surface area is 61.5 Å². The summed E-state index contributed by atoms with van der Waals surface area (Å²) < 4.78 is 4.78. The zero-order valence-electron chi connectivity index (χ0n) is 6.59. The fourth-order valence-electron chi connectivity index (χ4n) is 0.515. The molecule has 0 aliphatic carbocycles. The van der Waals surface area contributed by atoms with Crippen LogP contribution < -0.4 is 5.73 Å². The van der Waals surface area contributed by atoms with Crippen molar-refractivity contribution in [2.45, 2.75) is 39.3 Å². The van der Waals surface area contributed by atoms with E-state index in [0.717, 1.165) is 6.42 Å². The summed E-state index contributed by atoms with van der Waals surface area (Å²) in [4.78, 5) is 10.7. The van der Waals surface area contributed by atoms with Crippen molar-refractivity contribution in [3.8, 4) is 0 Å². The van der Waals surface area contributed by atoms with Crippen LogP contribution in [0.1, 0.15) is 33.1 Å². The number of ether oxygens (including phenoxy) is 1. The van der Waals surface area contributed by atoms with E-state index in [1.165, 1.54) is 0 Å². The number of carbonyl (C=O) groups is 1. The molecule has 1 unspecified atom stereocenters. The molecule has 0 spiro atoms. The predicted octanol–water partition coefficient (Wildman–Crippen LogP) is 1.02. The Hall–Kier alpha value is -0.570. The lowest BCUT2D eigenvalue weighted by atomic mass is 10.3. The van der Waals surface area contributed by atoms with Crippen LogP contribution in [0.5, 0.6) is 0 Å². The van der Waals surface area contributed by atoms with Crippen molar-refractivity contribution in [1.82, 2.24) is 0 Å². The molecule has 0 rings (SSSR count). The van der Waals surface area contributed by atoms with E-state index in [1.807, 2.05) is 13.8 Å². The molecule has 0 fully saturated rings. The van der Waals surface area contributed by atoms with E-state index < -0.39 is 6.23 Å². The van der Waals surface area contributed by atoms with Crippen molar-refractivity contribution >= 4 is 5.97 Å². The summed E-state index contributed by atoms with van der Waals surface area (Å²) in [6.45, 7) is 3.81. The van der Waals surface area contributed by atoms with Gasteiger partial charge in [-0.05, 0) is 12.8 Å². The largest absolute Gasteiger partial charge is 0.447 e. The first-order valence-electron chi connectivity index (χ1n) is 3.65. The van der Waals surface area contributed by atoms with Gasteiger partial charge in [-0.25, -0.2) is 0 Å². The predicted molar refractivity (Wildman–Crippen MR) is 39.3 cm³/mol. The summed E-state index contributed by atoms with van der Waals surface area (Å²) in [5.74, 6) is -0.197. The molecule has 0 bridgehead atoms. The smallest absolute Gasteiger partial charge is 0.307 e.